The van der Waals surface area contributed by atoms with Gasteiger partial charge in [-0.05, 0) is 35.3 Å². The summed E-state index contributed by atoms with van der Waals surface area (Å²) >= 11 is 0. The minimum absolute atomic E-state index is 0.00293. The molecule has 0 radical (unpaired) electrons. The van der Waals surface area contributed by atoms with Crippen LogP contribution in [0.15, 0.2) is 54.6 Å². The third-order valence-electron chi connectivity index (χ3n) is 3.35. The number of anilines is 1. The van der Waals surface area contributed by atoms with Gasteiger partial charge in [0.15, 0.2) is 0 Å². The Bertz CT molecular complexity index is 734. The van der Waals surface area contributed by atoms with Crippen LogP contribution in [0.5, 0.6) is 0 Å². The van der Waals surface area contributed by atoms with E-state index in [2.05, 4.69) is 19.2 Å². The molecule has 0 aliphatic heterocycles. The first-order valence-electron chi connectivity index (χ1n) is 7.29. The monoisotopic (exact) mass is 310 g/mol. The van der Waals surface area contributed by atoms with Gasteiger partial charge in [-0.3, -0.25) is 14.9 Å². The summed E-state index contributed by atoms with van der Waals surface area (Å²) in [6.45, 7) is 4.21. The van der Waals surface area contributed by atoms with Crippen LogP contribution < -0.4 is 5.32 Å². The van der Waals surface area contributed by atoms with Crippen LogP contribution in [0.4, 0.5) is 11.4 Å². The highest BCUT2D eigenvalue weighted by Crippen LogP contribution is 2.17. The second-order valence-electron chi connectivity index (χ2n) is 5.45. The predicted octanol–water partition coefficient (Wildman–Crippen LogP) is 4.37. The van der Waals surface area contributed by atoms with Crippen LogP contribution in [-0.2, 0) is 4.79 Å². The first kappa shape index (κ1) is 16.4. The number of hydrogen-bond donors (Lipinski definition) is 1. The summed E-state index contributed by atoms with van der Waals surface area (Å²) in [4.78, 5) is 22.1. The van der Waals surface area contributed by atoms with Crippen LogP contribution in [0, 0.1) is 10.1 Å². The SMILES string of the molecule is CC(C)c1ccc(NC(=O)/C=C/c2cccc([N+](=O)[O-])c2)cc1. The maximum Gasteiger partial charge on any atom is 0.270 e. The van der Waals surface area contributed by atoms with Crippen molar-refractivity contribution in [3.8, 4) is 0 Å². The molecule has 0 spiro atoms. The zero-order valence-corrected chi connectivity index (χ0v) is 13.0. The van der Waals surface area contributed by atoms with Gasteiger partial charge in [-0.25, -0.2) is 0 Å². The molecule has 0 saturated heterocycles. The number of amides is 1. The van der Waals surface area contributed by atoms with Crippen LogP contribution in [0.1, 0.15) is 30.9 Å². The number of carbonyl (C=O) groups is 1. The quantitative estimate of drug-likeness (QED) is 0.506. The summed E-state index contributed by atoms with van der Waals surface area (Å²) < 4.78 is 0. The molecule has 2 aromatic rings. The maximum absolute atomic E-state index is 11.9. The number of carbonyl (C=O) groups excluding carboxylic acids is 1. The largest absolute Gasteiger partial charge is 0.323 e. The fourth-order valence-electron chi connectivity index (χ4n) is 2.05. The van der Waals surface area contributed by atoms with Gasteiger partial charge in [0.25, 0.3) is 5.69 Å². The summed E-state index contributed by atoms with van der Waals surface area (Å²) in [6.07, 6.45) is 2.90. The van der Waals surface area contributed by atoms with Crippen molar-refractivity contribution in [2.24, 2.45) is 0 Å². The van der Waals surface area contributed by atoms with Crippen LogP contribution in [0.3, 0.4) is 0 Å². The lowest BCUT2D eigenvalue weighted by Gasteiger charge is -2.07. The molecule has 0 fully saturated rings. The van der Waals surface area contributed by atoms with Crippen molar-refractivity contribution >= 4 is 23.4 Å². The zero-order chi connectivity index (χ0) is 16.8. The van der Waals surface area contributed by atoms with Crippen molar-refractivity contribution in [1.29, 1.82) is 0 Å². The molecule has 0 bridgehead atoms. The van der Waals surface area contributed by atoms with E-state index in [1.165, 1.54) is 23.8 Å². The van der Waals surface area contributed by atoms with E-state index < -0.39 is 4.92 Å². The second kappa shape index (κ2) is 7.35. The number of non-ortho nitro benzene ring substituents is 1. The molecule has 0 heterocycles. The van der Waals surface area contributed by atoms with Gasteiger partial charge in [-0.1, -0.05) is 38.1 Å². The van der Waals surface area contributed by atoms with Crippen LogP contribution in [0.2, 0.25) is 0 Å². The fraction of sp³-hybridized carbons (Fsp3) is 0.167. The average molecular weight is 310 g/mol. The van der Waals surface area contributed by atoms with E-state index in [4.69, 9.17) is 0 Å². The molecule has 118 valence electrons. The van der Waals surface area contributed by atoms with Gasteiger partial charge in [0.05, 0.1) is 4.92 Å². The van der Waals surface area contributed by atoms with E-state index in [-0.39, 0.29) is 11.6 Å². The van der Waals surface area contributed by atoms with E-state index in [0.717, 1.165) is 0 Å². The molecule has 5 heteroatoms. The number of rotatable bonds is 5. The summed E-state index contributed by atoms with van der Waals surface area (Å²) in [5.41, 5.74) is 2.51. The Morgan fingerprint density at radius 3 is 2.48 bits per heavy atom. The molecule has 0 atom stereocenters. The number of benzene rings is 2. The molecule has 2 aromatic carbocycles. The molecule has 0 aromatic heterocycles. The minimum atomic E-state index is -0.465. The number of nitro groups is 1. The third kappa shape index (κ3) is 4.78. The van der Waals surface area contributed by atoms with E-state index in [1.807, 2.05) is 24.3 Å². The Hall–Kier alpha value is -2.95. The lowest BCUT2D eigenvalue weighted by Crippen LogP contribution is -2.07. The smallest absolute Gasteiger partial charge is 0.270 e. The maximum atomic E-state index is 11.9. The number of nitrogens with zero attached hydrogens (tertiary/aromatic N) is 1. The highest BCUT2D eigenvalue weighted by Gasteiger charge is 2.04. The van der Waals surface area contributed by atoms with Gasteiger partial charge in [0.1, 0.15) is 0 Å². The zero-order valence-electron chi connectivity index (χ0n) is 13.0. The molecule has 5 nitrogen and oxygen atoms in total. The molecule has 0 aliphatic rings. The van der Waals surface area contributed by atoms with Gasteiger partial charge >= 0.3 is 0 Å². The Morgan fingerprint density at radius 1 is 1.17 bits per heavy atom. The molecule has 0 unspecified atom stereocenters. The van der Waals surface area contributed by atoms with Gasteiger partial charge in [-0.15, -0.1) is 0 Å². The van der Waals surface area contributed by atoms with Gasteiger partial charge in [0.2, 0.25) is 5.91 Å². The lowest BCUT2D eigenvalue weighted by atomic mass is 10.0. The molecule has 1 N–H and O–H groups in total. The summed E-state index contributed by atoms with van der Waals surface area (Å²) in [6, 6.07) is 13.8. The predicted molar refractivity (Wildman–Crippen MR) is 91.3 cm³/mol. The Labute approximate surface area is 134 Å². The number of hydrogen-bond acceptors (Lipinski definition) is 3. The Kier molecular flexibility index (Phi) is 5.25. The normalized spacial score (nSPS) is 10.9. The number of nitrogens with one attached hydrogen (secondary N) is 1. The van der Waals surface area contributed by atoms with Crippen molar-refractivity contribution in [1.82, 2.24) is 0 Å². The third-order valence-corrected chi connectivity index (χ3v) is 3.35. The topological polar surface area (TPSA) is 72.2 Å². The van der Waals surface area contributed by atoms with Gasteiger partial charge < -0.3 is 5.32 Å². The first-order valence-corrected chi connectivity index (χ1v) is 7.29. The standard InChI is InChI=1S/C18H18N2O3/c1-13(2)15-7-9-16(10-8-15)19-18(21)11-6-14-4-3-5-17(12-14)20(22)23/h3-13H,1-2H3,(H,19,21)/b11-6+. The van der Waals surface area contributed by atoms with Crippen molar-refractivity contribution in [3.63, 3.8) is 0 Å². The second-order valence-corrected chi connectivity index (χ2v) is 5.45. The molecule has 23 heavy (non-hydrogen) atoms. The van der Waals surface area contributed by atoms with Crippen molar-refractivity contribution in [2.45, 2.75) is 19.8 Å². The minimum Gasteiger partial charge on any atom is -0.323 e. The van der Waals surface area contributed by atoms with E-state index >= 15 is 0 Å². The summed E-state index contributed by atoms with van der Waals surface area (Å²) in [5.74, 6) is 0.155. The average Bonchev–Trinajstić information content (AvgIpc) is 2.53. The van der Waals surface area contributed by atoms with Crippen LogP contribution >= 0.6 is 0 Å². The van der Waals surface area contributed by atoms with Crippen LogP contribution in [0.25, 0.3) is 6.08 Å². The molecule has 1 amide bonds. The number of nitro benzene ring substituents is 1. The lowest BCUT2D eigenvalue weighted by molar-refractivity contribution is -0.384. The highest BCUT2D eigenvalue weighted by molar-refractivity contribution is 6.01. The van der Waals surface area contributed by atoms with Crippen molar-refractivity contribution in [2.75, 3.05) is 5.32 Å². The van der Waals surface area contributed by atoms with Gasteiger partial charge in [-0.2, -0.15) is 0 Å². The molecule has 2 rings (SSSR count). The molecular formula is C18H18N2O3. The van der Waals surface area contributed by atoms with Crippen LogP contribution in [-0.4, -0.2) is 10.8 Å². The Balaban J connectivity index is 2.01. The van der Waals surface area contributed by atoms with Crippen molar-refractivity contribution in [3.05, 3.63) is 75.8 Å². The van der Waals surface area contributed by atoms with E-state index in [9.17, 15) is 14.9 Å². The summed E-state index contributed by atoms with van der Waals surface area (Å²) in [5, 5.41) is 13.5. The highest BCUT2D eigenvalue weighted by atomic mass is 16.6. The molecule has 0 aliphatic carbocycles. The summed E-state index contributed by atoms with van der Waals surface area (Å²) in [7, 11) is 0. The first-order chi connectivity index (χ1) is 11.0. The van der Waals surface area contributed by atoms with Crippen molar-refractivity contribution < 1.29 is 9.72 Å². The Morgan fingerprint density at radius 2 is 1.87 bits per heavy atom. The van der Waals surface area contributed by atoms with E-state index in [1.54, 1.807) is 18.2 Å². The fourth-order valence-corrected chi connectivity index (χ4v) is 2.05. The van der Waals surface area contributed by atoms with E-state index in [0.29, 0.717) is 17.2 Å². The molecule has 0 saturated carbocycles. The van der Waals surface area contributed by atoms with Gasteiger partial charge in [0, 0.05) is 23.9 Å². The molecular weight excluding hydrogens is 292 g/mol.